The SMILES string of the molecule is CS(=O)(=O)CCC(N)C(=O)N1CCN(Cc2ccc(Cl)cc2)C(=O)C1. The van der Waals surface area contributed by atoms with Gasteiger partial charge in [0.15, 0.2) is 0 Å². The Labute approximate surface area is 152 Å². The zero-order valence-corrected chi connectivity index (χ0v) is 15.6. The van der Waals surface area contributed by atoms with E-state index in [1.807, 2.05) is 12.1 Å². The predicted octanol–water partition coefficient (Wildman–Crippen LogP) is 0.273. The standard InChI is InChI=1S/C16H22ClN3O4S/c1-25(23,24)9-6-14(18)16(22)20-8-7-19(15(21)11-20)10-12-2-4-13(17)5-3-12/h2-5,14H,6-11,18H2,1H3. The van der Waals surface area contributed by atoms with Gasteiger partial charge in [-0.2, -0.15) is 0 Å². The average Bonchev–Trinajstić information content (AvgIpc) is 2.55. The van der Waals surface area contributed by atoms with Gasteiger partial charge in [-0.1, -0.05) is 23.7 Å². The van der Waals surface area contributed by atoms with Gasteiger partial charge in [0.25, 0.3) is 0 Å². The molecule has 1 atom stereocenters. The summed E-state index contributed by atoms with van der Waals surface area (Å²) in [7, 11) is -3.18. The van der Waals surface area contributed by atoms with E-state index in [2.05, 4.69) is 0 Å². The van der Waals surface area contributed by atoms with E-state index in [1.165, 1.54) is 4.90 Å². The number of hydrogen-bond acceptors (Lipinski definition) is 5. The third kappa shape index (κ3) is 5.98. The maximum Gasteiger partial charge on any atom is 0.242 e. The van der Waals surface area contributed by atoms with E-state index < -0.39 is 15.9 Å². The zero-order chi connectivity index (χ0) is 18.6. The molecule has 2 rings (SSSR count). The molecule has 0 aromatic heterocycles. The van der Waals surface area contributed by atoms with Crippen molar-refractivity contribution in [1.29, 1.82) is 0 Å². The van der Waals surface area contributed by atoms with Crippen molar-refractivity contribution in [3.8, 4) is 0 Å². The minimum Gasteiger partial charge on any atom is -0.335 e. The summed E-state index contributed by atoms with van der Waals surface area (Å²) in [6, 6.07) is 6.33. The molecule has 1 unspecified atom stereocenters. The van der Waals surface area contributed by atoms with Crippen LogP contribution in [0, 0.1) is 0 Å². The quantitative estimate of drug-likeness (QED) is 0.755. The summed E-state index contributed by atoms with van der Waals surface area (Å²) < 4.78 is 22.3. The van der Waals surface area contributed by atoms with Crippen LogP contribution < -0.4 is 5.73 Å². The number of nitrogens with zero attached hydrogens (tertiary/aromatic N) is 2. The molecule has 1 aliphatic rings. The lowest BCUT2D eigenvalue weighted by atomic mass is 10.1. The van der Waals surface area contributed by atoms with Crippen molar-refractivity contribution in [2.45, 2.75) is 19.0 Å². The second-order valence-corrected chi connectivity index (χ2v) is 8.92. The van der Waals surface area contributed by atoms with Crippen molar-refractivity contribution in [2.24, 2.45) is 5.73 Å². The molecule has 1 heterocycles. The van der Waals surface area contributed by atoms with E-state index in [0.717, 1.165) is 11.8 Å². The molecule has 1 saturated heterocycles. The second-order valence-electron chi connectivity index (χ2n) is 6.23. The molecule has 0 saturated carbocycles. The molecule has 1 aromatic rings. The van der Waals surface area contributed by atoms with Crippen molar-refractivity contribution in [2.75, 3.05) is 31.6 Å². The Balaban J connectivity index is 1.88. The Morgan fingerprint density at radius 2 is 1.92 bits per heavy atom. The summed E-state index contributed by atoms with van der Waals surface area (Å²) in [6.45, 7) is 1.20. The number of carbonyl (C=O) groups excluding carboxylic acids is 2. The van der Waals surface area contributed by atoms with E-state index in [0.29, 0.717) is 24.7 Å². The zero-order valence-electron chi connectivity index (χ0n) is 14.0. The molecule has 1 aromatic carbocycles. The Bertz CT molecular complexity index is 736. The van der Waals surface area contributed by atoms with E-state index in [9.17, 15) is 18.0 Å². The molecule has 0 bridgehead atoms. The van der Waals surface area contributed by atoms with Crippen molar-refractivity contribution < 1.29 is 18.0 Å². The number of benzene rings is 1. The van der Waals surface area contributed by atoms with Crippen molar-refractivity contribution in [1.82, 2.24) is 9.80 Å². The predicted molar refractivity (Wildman–Crippen MR) is 95.8 cm³/mol. The normalized spacial score (nSPS) is 16.8. The van der Waals surface area contributed by atoms with Gasteiger partial charge in [0.1, 0.15) is 9.84 Å². The van der Waals surface area contributed by atoms with Gasteiger partial charge in [0, 0.05) is 30.9 Å². The van der Waals surface area contributed by atoms with Gasteiger partial charge in [-0.05, 0) is 24.1 Å². The maximum atomic E-state index is 12.3. The van der Waals surface area contributed by atoms with Crippen LogP contribution in [0.2, 0.25) is 5.02 Å². The van der Waals surface area contributed by atoms with Crippen LogP contribution >= 0.6 is 11.6 Å². The number of rotatable bonds is 6. The molecule has 1 fully saturated rings. The molecule has 138 valence electrons. The average molecular weight is 388 g/mol. The molecule has 0 aliphatic carbocycles. The number of amides is 2. The third-order valence-electron chi connectivity index (χ3n) is 4.03. The van der Waals surface area contributed by atoms with Crippen LogP contribution in [0.5, 0.6) is 0 Å². The fourth-order valence-electron chi connectivity index (χ4n) is 2.57. The summed E-state index contributed by atoms with van der Waals surface area (Å²) in [5, 5.41) is 0.633. The van der Waals surface area contributed by atoms with Crippen LogP contribution in [0.25, 0.3) is 0 Å². The van der Waals surface area contributed by atoms with Gasteiger partial charge >= 0.3 is 0 Å². The number of carbonyl (C=O) groups is 2. The molecular weight excluding hydrogens is 366 g/mol. The minimum atomic E-state index is -3.18. The minimum absolute atomic E-state index is 0.0427. The second kappa shape index (κ2) is 8.16. The van der Waals surface area contributed by atoms with E-state index >= 15 is 0 Å². The number of sulfone groups is 1. The maximum absolute atomic E-state index is 12.3. The van der Waals surface area contributed by atoms with E-state index in [-0.39, 0.29) is 30.5 Å². The largest absolute Gasteiger partial charge is 0.335 e. The Morgan fingerprint density at radius 3 is 2.48 bits per heavy atom. The van der Waals surface area contributed by atoms with Gasteiger partial charge in [-0.25, -0.2) is 8.42 Å². The smallest absolute Gasteiger partial charge is 0.242 e. The summed E-state index contributed by atoms with van der Waals surface area (Å²) in [5.74, 6) is -0.697. The van der Waals surface area contributed by atoms with Gasteiger partial charge < -0.3 is 15.5 Å². The van der Waals surface area contributed by atoms with Gasteiger partial charge in [-0.15, -0.1) is 0 Å². The number of hydrogen-bond donors (Lipinski definition) is 1. The van der Waals surface area contributed by atoms with Crippen LogP contribution in [0.3, 0.4) is 0 Å². The molecule has 0 radical (unpaired) electrons. The summed E-state index contributed by atoms with van der Waals surface area (Å²) >= 11 is 5.85. The highest BCUT2D eigenvalue weighted by Gasteiger charge is 2.30. The number of nitrogens with two attached hydrogens (primary N) is 1. The highest BCUT2D eigenvalue weighted by atomic mass is 35.5. The van der Waals surface area contributed by atoms with E-state index in [1.54, 1.807) is 17.0 Å². The molecule has 2 N–H and O–H groups in total. The Kier molecular flexibility index (Phi) is 6.42. The van der Waals surface area contributed by atoms with Gasteiger partial charge in [0.05, 0.1) is 18.3 Å². The van der Waals surface area contributed by atoms with Crippen LogP contribution in [0.4, 0.5) is 0 Å². The van der Waals surface area contributed by atoms with E-state index in [4.69, 9.17) is 17.3 Å². The van der Waals surface area contributed by atoms with Crippen molar-refractivity contribution >= 4 is 33.3 Å². The highest BCUT2D eigenvalue weighted by molar-refractivity contribution is 7.90. The fourth-order valence-corrected chi connectivity index (χ4v) is 3.38. The lowest BCUT2D eigenvalue weighted by Crippen LogP contribution is -2.55. The molecule has 1 aliphatic heterocycles. The molecule has 25 heavy (non-hydrogen) atoms. The monoisotopic (exact) mass is 387 g/mol. The first kappa shape index (κ1) is 19.7. The van der Waals surface area contributed by atoms with Gasteiger partial charge in [0.2, 0.25) is 11.8 Å². The van der Waals surface area contributed by atoms with Crippen LogP contribution in [0.1, 0.15) is 12.0 Å². The first-order valence-corrected chi connectivity index (χ1v) is 10.3. The molecule has 2 amide bonds. The Hall–Kier alpha value is -1.64. The molecular formula is C16H22ClN3O4S. The van der Waals surface area contributed by atoms with Crippen molar-refractivity contribution in [3.05, 3.63) is 34.9 Å². The summed E-state index contributed by atoms with van der Waals surface area (Å²) in [4.78, 5) is 27.6. The first-order chi connectivity index (χ1) is 11.7. The lowest BCUT2D eigenvalue weighted by molar-refractivity contribution is -0.146. The van der Waals surface area contributed by atoms with Crippen molar-refractivity contribution in [3.63, 3.8) is 0 Å². The summed E-state index contributed by atoms with van der Waals surface area (Å²) in [5.41, 5.74) is 6.74. The Morgan fingerprint density at radius 1 is 1.28 bits per heavy atom. The number of piperazine rings is 1. The van der Waals surface area contributed by atoms with Crippen LogP contribution in [-0.4, -0.2) is 67.7 Å². The molecule has 9 heteroatoms. The highest BCUT2D eigenvalue weighted by Crippen LogP contribution is 2.14. The molecule has 0 spiro atoms. The summed E-state index contributed by atoms with van der Waals surface area (Å²) in [6.07, 6.45) is 1.15. The first-order valence-electron chi connectivity index (χ1n) is 7.90. The van der Waals surface area contributed by atoms with Crippen LogP contribution in [-0.2, 0) is 26.0 Å². The van der Waals surface area contributed by atoms with Gasteiger partial charge in [-0.3, -0.25) is 9.59 Å². The lowest BCUT2D eigenvalue weighted by Gasteiger charge is -2.35. The van der Waals surface area contributed by atoms with Crippen LogP contribution in [0.15, 0.2) is 24.3 Å². The third-order valence-corrected chi connectivity index (χ3v) is 5.26. The topological polar surface area (TPSA) is 101 Å². The molecule has 7 nitrogen and oxygen atoms in total. The number of halogens is 1. The fraction of sp³-hybridized carbons (Fsp3) is 0.500.